The maximum atomic E-state index is 16.0. The number of nitrogens with two attached hydrogens (primary N) is 1. The van der Waals surface area contributed by atoms with Gasteiger partial charge in [0.1, 0.15) is 35.2 Å². The summed E-state index contributed by atoms with van der Waals surface area (Å²) in [6.45, 7) is 5.96. The molecule has 0 spiro atoms. The second-order valence-corrected chi connectivity index (χ2v) is 12.2. The van der Waals surface area contributed by atoms with Gasteiger partial charge >= 0.3 is 0 Å². The molecule has 3 N–H and O–H groups in total. The van der Waals surface area contributed by atoms with Crippen LogP contribution in [0.15, 0.2) is 78.2 Å². The van der Waals surface area contributed by atoms with E-state index in [0.717, 1.165) is 25.9 Å². The normalized spacial score (nSPS) is 14.5. The lowest BCUT2D eigenvalue weighted by Gasteiger charge is -2.30. The Morgan fingerprint density at radius 1 is 0.913 bits per heavy atom. The van der Waals surface area contributed by atoms with Gasteiger partial charge in [-0.2, -0.15) is 0 Å². The van der Waals surface area contributed by atoms with E-state index in [-0.39, 0.29) is 23.3 Å². The van der Waals surface area contributed by atoms with Gasteiger partial charge in [-0.25, -0.2) is 23.7 Å². The molecule has 1 saturated heterocycles. The molecule has 0 aliphatic carbocycles. The van der Waals surface area contributed by atoms with Crippen molar-refractivity contribution in [3.8, 4) is 22.3 Å². The minimum Gasteiger partial charge on any atom is -0.383 e. The van der Waals surface area contributed by atoms with Crippen LogP contribution in [-0.2, 0) is 0 Å². The van der Waals surface area contributed by atoms with Gasteiger partial charge in [0.25, 0.3) is 0 Å². The van der Waals surface area contributed by atoms with Gasteiger partial charge in [-0.05, 0) is 88.8 Å². The number of fused-ring (bicyclic) bond motifs is 2. The third-order valence-corrected chi connectivity index (χ3v) is 8.90. The van der Waals surface area contributed by atoms with Crippen molar-refractivity contribution in [1.29, 1.82) is 0 Å². The van der Waals surface area contributed by atoms with Gasteiger partial charge in [-0.15, -0.1) is 0 Å². The third-order valence-electron chi connectivity index (χ3n) is 8.90. The highest BCUT2D eigenvalue weighted by molar-refractivity contribution is 6.01. The maximum Gasteiger partial charge on any atom is 0.200 e. The summed E-state index contributed by atoms with van der Waals surface area (Å²) in [6, 6.07) is 12.7. The van der Waals surface area contributed by atoms with Crippen LogP contribution in [0.3, 0.4) is 0 Å². The van der Waals surface area contributed by atoms with Crippen molar-refractivity contribution < 1.29 is 8.78 Å². The fourth-order valence-electron chi connectivity index (χ4n) is 6.46. The van der Waals surface area contributed by atoms with Crippen molar-refractivity contribution in [1.82, 2.24) is 29.0 Å². The van der Waals surface area contributed by atoms with E-state index < -0.39 is 5.82 Å². The van der Waals surface area contributed by atoms with Gasteiger partial charge in [-0.1, -0.05) is 12.1 Å². The molecule has 11 heteroatoms. The Morgan fingerprint density at radius 3 is 2.39 bits per heavy atom. The van der Waals surface area contributed by atoms with Crippen LogP contribution in [0, 0.1) is 11.6 Å². The van der Waals surface area contributed by atoms with Crippen LogP contribution in [0.1, 0.15) is 38.8 Å². The first-order valence-electron chi connectivity index (χ1n) is 15.4. The van der Waals surface area contributed by atoms with Crippen molar-refractivity contribution in [2.45, 2.75) is 38.8 Å². The minimum absolute atomic E-state index is 0.0161. The fraction of sp³-hybridized carbons (Fsp3) is 0.257. The zero-order valence-electron chi connectivity index (χ0n) is 25.8. The summed E-state index contributed by atoms with van der Waals surface area (Å²) in [5.74, 6) is -0.261. The van der Waals surface area contributed by atoms with Crippen LogP contribution in [0.2, 0.25) is 0 Å². The topological polar surface area (TPSA) is 107 Å². The number of benzene rings is 2. The number of nitrogens with zero attached hydrogens (tertiary/aromatic N) is 6. The van der Waals surface area contributed by atoms with E-state index in [2.05, 4.69) is 36.8 Å². The molecule has 1 aliphatic rings. The Hall–Kier alpha value is -5.16. The number of likely N-dealkylation sites (tertiary alicyclic amines) is 1. The van der Waals surface area contributed by atoms with Crippen LogP contribution in [0.4, 0.5) is 26.1 Å². The molecule has 0 bridgehead atoms. The molecule has 1 aliphatic heterocycles. The Labute approximate surface area is 264 Å². The number of nitrogen functional groups attached to an aromatic ring is 1. The van der Waals surface area contributed by atoms with E-state index in [4.69, 9.17) is 5.73 Å². The summed E-state index contributed by atoms with van der Waals surface area (Å²) in [5.41, 5.74) is 9.88. The number of anilines is 3. The number of aromatic nitrogens is 5. The monoisotopic (exact) mass is 620 g/mol. The summed E-state index contributed by atoms with van der Waals surface area (Å²) in [7, 11) is 2.11. The zero-order chi connectivity index (χ0) is 32.1. The van der Waals surface area contributed by atoms with Crippen molar-refractivity contribution in [2.24, 2.45) is 0 Å². The molecular formula is C35H34F2N8O. The van der Waals surface area contributed by atoms with E-state index in [0.29, 0.717) is 61.5 Å². The number of hydrogen-bond acceptors (Lipinski definition) is 7. The van der Waals surface area contributed by atoms with E-state index in [9.17, 15) is 9.18 Å². The molecule has 0 saturated carbocycles. The van der Waals surface area contributed by atoms with E-state index >= 15 is 4.39 Å². The second-order valence-electron chi connectivity index (χ2n) is 12.2. The van der Waals surface area contributed by atoms with Crippen LogP contribution in [0.5, 0.6) is 0 Å². The summed E-state index contributed by atoms with van der Waals surface area (Å²) in [4.78, 5) is 29.5. The van der Waals surface area contributed by atoms with Crippen LogP contribution in [0.25, 0.3) is 44.2 Å². The molecule has 0 atom stereocenters. The molecule has 4 aromatic heterocycles. The summed E-state index contributed by atoms with van der Waals surface area (Å²) in [6.07, 6.45) is 8.70. The van der Waals surface area contributed by atoms with Gasteiger partial charge in [0.05, 0.1) is 16.3 Å². The minimum atomic E-state index is -0.470. The summed E-state index contributed by atoms with van der Waals surface area (Å²) in [5, 5.41) is 4.17. The highest BCUT2D eigenvalue weighted by atomic mass is 19.1. The molecule has 234 valence electrons. The largest absolute Gasteiger partial charge is 0.383 e. The molecule has 5 heterocycles. The number of nitrogens with one attached hydrogen (secondary N) is 1. The standard InChI is InChI=1S/C35H34F2N8O/c1-20(2)44-17-26(21-4-6-22(36)7-5-21)32(46)31-29(44)10-13-39-34(31)42-23-8-9-25(28(37)16-23)27-18-45(24-11-14-43(3)15-12-24)35-30(27)33(38)40-19-41-35/h4-10,13,16-20,24H,11-12,14-15H2,1-3H3,(H,39,42)(H2,38,40,41). The number of rotatable bonds is 6. The van der Waals surface area contributed by atoms with E-state index in [1.165, 1.54) is 24.5 Å². The Bertz CT molecular complexity index is 2150. The molecule has 0 radical (unpaired) electrons. The number of hydrogen-bond donors (Lipinski definition) is 2. The highest BCUT2D eigenvalue weighted by Crippen LogP contribution is 2.38. The van der Waals surface area contributed by atoms with Crippen molar-refractivity contribution in [2.75, 3.05) is 31.2 Å². The molecule has 7 rings (SSSR count). The molecule has 1 fully saturated rings. The first-order chi connectivity index (χ1) is 22.2. The number of pyridine rings is 2. The first-order valence-corrected chi connectivity index (χ1v) is 15.4. The van der Waals surface area contributed by atoms with Crippen LogP contribution >= 0.6 is 0 Å². The van der Waals surface area contributed by atoms with Gasteiger partial charge in [0, 0.05) is 53.1 Å². The summed E-state index contributed by atoms with van der Waals surface area (Å²) < 4.78 is 33.8. The Morgan fingerprint density at radius 2 is 1.67 bits per heavy atom. The highest BCUT2D eigenvalue weighted by Gasteiger charge is 2.25. The van der Waals surface area contributed by atoms with Crippen molar-refractivity contribution >= 4 is 39.3 Å². The first kappa shape index (κ1) is 29.5. The zero-order valence-corrected chi connectivity index (χ0v) is 25.8. The smallest absolute Gasteiger partial charge is 0.200 e. The third kappa shape index (κ3) is 5.16. The second kappa shape index (κ2) is 11.6. The van der Waals surface area contributed by atoms with Crippen LogP contribution < -0.4 is 16.5 Å². The summed E-state index contributed by atoms with van der Waals surface area (Å²) >= 11 is 0. The molecule has 0 unspecified atom stereocenters. The molecular weight excluding hydrogens is 586 g/mol. The van der Waals surface area contributed by atoms with E-state index in [1.807, 2.05) is 24.6 Å². The van der Waals surface area contributed by atoms with Gasteiger partial charge in [0.15, 0.2) is 0 Å². The SMILES string of the molecule is CC(C)n1cc(-c2ccc(F)cc2)c(=O)c2c(Nc3ccc(-c4cn(C5CCN(C)CC5)c5ncnc(N)c45)c(F)c3)nccc21. The van der Waals surface area contributed by atoms with Crippen molar-refractivity contribution in [3.05, 3.63) is 95.3 Å². The predicted octanol–water partition coefficient (Wildman–Crippen LogP) is 6.93. The molecule has 2 aromatic carbocycles. The average Bonchev–Trinajstić information content (AvgIpc) is 3.43. The lowest BCUT2D eigenvalue weighted by Crippen LogP contribution is -2.31. The molecule has 6 aromatic rings. The quantitative estimate of drug-likeness (QED) is 0.208. The Kier molecular flexibility index (Phi) is 7.48. The Balaban J connectivity index is 1.30. The fourth-order valence-corrected chi connectivity index (χ4v) is 6.46. The average molecular weight is 621 g/mol. The lowest BCUT2D eigenvalue weighted by molar-refractivity contribution is 0.224. The maximum absolute atomic E-state index is 16.0. The number of halogens is 2. The van der Waals surface area contributed by atoms with Gasteiger partial charge < -0.3 is 25.1 Å². The molecule has 9 nitrogen and oxygen atoms in total. The lowest BCUT2D eigenvalue weighted by atomic mass is 10.0. The van der Waals surface area contributed by atoms with Crippen LogP contribution in [-0.4, -0.2) is 49.1 Å². The molecule has 46 heavy (non-hydrogen) atoms. The predicted molar refractivity (Wildman–Crippen MR) is 178 cm³/mol. The van der Waals surface area contributed by atoms with Gasteiger partial charge in [-0.3, -0.25) is 4.79 Å². The van der Waals surface area contributed by atoms with Crippen molar-refractivity contribution in [3.63, 3.8) is 0 Å². The number of piperidine rings is 1. The van der Waals surface area contributed by atoms with E-state index in [1.54, 1.807) is 42.7 Å². The molecule has 0 amide bonds. The van der Waals surface area contributed by atoms with Gasteiger partial charge in [0.2, 0.25) is 5.43 Å².